The van der Waals surface area contributed by atoms with Crippen LogP contribution in [0.15, 0.2) is 35.6 Å². The highest BCUT2D eigenvalue weighted by Crippen LogP contribution is 2.40. The molecule has 0 amide bonds. The third-order valence-corrected chi connectivity index (χ3v) is 3.82. The molecule has 4 nitrogen and oxygen atoms in total. The second-order valence-electron chi connectivity index (χ2n) is 4.96. The standard InChI is InChI=1S/C15H18N2O2/c1-4-17-12-8-6-5-7-11(12)16-14-13(9(2)18)10(3)19-15(14)17/h5-8,14-16H,4H2,1-3H3/t14-,15+/m1/s1. The van der Waals surface area contributed by atoms with Gasteiger partial charge in [-0.1, -0.05) is 12.1 Å². The van der Waals surface area contributed by atoms with Gasteiger partial charge < -0.3 is 15.0 Å². The number of likely N-dealkylation sites (N-methyl/N-ethyl adjacent to an activating group) is 1. The van der Waals surface area contributed by atoms with E-state index in [1.165, 1.54) is 0 Å². The maximum Gasteiger partial charge on any atom is 0.196 e. The van der Waals surface area contributed by atoms with Gasteiger partial charge in [-0.05, 0) is 32.9 Å². The SMILES string of the molecule is CCN1c2ccccc2N[C@@H]2C(C(C)=O)=C(C)O[C@@H]21. The second-order valence-corrected chi connectivity index (χ2v) is 4.96. The van der Waals surface area contributed by atoms with Gasteiger partial charge >= 0.3 is 0 Å². The Morgan fingerprint density at radius 1 is 1.42 bits per heavy atom. The van der Waals surface area contributed by atoms with Crippen molar-refractivity contribution in [1.29, 1.82) is 0 Å². The van der Waals surface area contributed by atoms with Crippen LogP contribution >= 0.6 is 0 Å². The molecule has 2 atom stereocenters. The summed E-state index contributed by atoms with van der Waals surface area (Å²) in [5.41, 5.74) is 2.95. The van der Waals surface area contributed by atoms with Gasteiger partial charge in [-0.15, -0.1) is 0 Å². The number of carbonyl (C=O) groups is 1. The Labute approximate surface area is 113 Å². The van der Waals surface area contributed by atoms with Crippen molar-refractivity contribution in [3.05, 3.63) is 35.6 Å². The van der Waals surface area contributed by atoms with Crippen LogP contribution in [0.1, 0.15) is 20.8 Å². The van der Waals surface area contributed by atoms with Crippen LogP contribution in [0, 0.1) is 0 Å². The number of rotatable bonds is 2. The number of fused-ring (bicyclic) bond motifs is 2. The van der Waals surface area contributed by atoms with E-state index in [1.54, 1.807) is 6.92 Å². The summed E-state index contributed by atoms with van der Waals surface area (Å²) in [5.74, 6) is 0.814. The molecule has 2 aliphatic rings. The van der Waals surface area contributed by atoms with E-state index in [0.29, 0.717) is 0 Å². The lowest BCUT2D eigenvalue weighted by molar-refractivity contribution is -0.113. The minimum atomic E-state index is -0.126. The molecule has 0 saturated heterocycles. The Morgan fingerprint density at radius 3 is 2.84 bits per heavy atom. The number of Topliss-reactive ketones (excluding diaryl/α,β-unsaturated/α-hetero) is 1. The molecule has 19 heavy (non-hydrogen) atoms. The van der Waals surface area contributed by atoms with Crippen molar-refractivity contribution in [3.8, 4) is 0 Å². The summed E-state index contributed by atoms with van der Waals surface area (Å²) in [4.78, 5) is 14.0. The van der Waals surface area contributed by atoms with Crippen molar-refractivity contribution in [3.63, 3.8) is 0 Å². The lowest BCUT2D eigenvalue weighted by Gasteiger charge is -2.40. The van der Waals surface area contributed by atoms with Crippen LogP contribution < -0.4 is 10.2 Å². The summed E-state index contributed by atoms with van der Waals surface area (Å²) in [6.07, 6.45) is -0.126. The molecule has 0 spiro atoms. The van der Waals surface area contributed by atoms with E-state index in [9.17, 15) is 4.79 Å². The van der Waals surface area contributed by atoms with Crippen LogP contribution in [-0.4, -0.2) is 24.6 Å². The summed E-state index contributed by atoms with van der Waals surface area (Å²) in [6.45, 7) is 6.42. The van der Waals surface area contributed by atoms with Gasteiger partial charge in [0, 0.05) is 6.54 Å². The van der Waals surface area contributed by atoms with E-state index < -0.39 is 0 Å². The maximum absolute atomic E-state index is 11.8. The predicted molar refractivity (Wildman–Crippen MR) is 75.1 cm³/mol. The molecule has 1 N–H and O–H groups in total. The van der Waals surface area contributed by atoms with Crippen LogP contribution in [0.3, 0.4) is 0 Å². The van der Waals surface area contributed by atoms with E-state index in [1.807, 2.05) is 25.1 Å². The van der Waals surface area contributed by atoms with Crippen LogP contribution in [0.5, 0.6) is 0 Å². The van der Waals surface area contributed by atoms with Crippen molar-refractivity contribution < 1.29 is 9.53 Å². The molecular weight excluding hydrogens is 240 g/mol. The Bertz CT molecular complexity index is 565. The molecule has 0 saturated carbocycles. The lowest BCUT2D eigenvalue weighted by Crippen LogP contribution is -2.50. The first-order chi connectivity index (χ1) is 9.13. The van der Waals surface area contributed by atoms with E-state index in [2.05, 4.69) is 23.2 Å². The van der Waals surface area contributed by atoms with Gasteiger partial charge in [-0.3, -0.25) is 4.79 Å². The molecule has 0 aromatic heterocycles. The molecule has 0 fully saturated rings. The number of ketones is 1. The Morgan fingerprint density at radius 2 is 2.16 bits per heavy atom. The summed E-state index contributed by atoms with van der Waals surface area (Å²) in [6, 6.07) is 8.06. The number of para-hydroxylation sites is 2. The first kappa shape index (κ1) is 12.1. The van der Waals surface area contributed by atoms with Crippen LogP contribution in [0.4, 0.5) is 11.4 Å². The summed E-state index contributed by atoms with van der Waals surface area (Å²) in [5, 5.41) is 3.44. The number of hydrogen-bond donors (Lipinski definition) is 1. The number of nitrogens with one attached hydrogen (secondary N) is 1. The minimum Gasteiger partial charge on any atom is -0.472 e. The number of allylic oxidation sites excluding steroid dienone is 1. The van der Waals surface area contributed by atoms with Crippen LogP contribution in [0.2, 0.25) is 0 Å². The van der Waals surface area contributed by atoms with Crippen molar-refractivity contribution in [2.45, 2.75) is 33.0 Å². The normalized spacial score (nSPS) is 24.5. The quantitative estimate of drug-likeness (QED) is 0.885. The molecule has 1 aromatic rings. The van der Waals surface area contributed by atoms with E-state index >= 15 is 0 Å². The highest BCUT2D eigenvalue weighted by molar-refractivity contribution is 5.97. The molecule has 0 radical (unpaired) electrons. The van der Waals surface area contributed by atoms with E-state index in [0.717, 1.165) is 29.3 Å². The average molecular weight is 258 g/mol. The summed E-state index contributed by atoms with van der Waals surface area (Å²) in [7, 11) is 0. The Hall–Kier alpha value is -1.97. The third kappa shape index (κ3) is 1.70. The second kappa shape index (κ2) is 4.30. The summed E-state index contributed by atoms with van der Waals surface area (Å²) >= 11 is 0. The van der Waals surface area contributed by atoms with Gasteiger partial charge in [-0.25, -0.2) is 0 Å². The molecule has 0 bridgehead atoms. The molecule has 3 rings (SSSR count). The van der Waals surface area contributed by atoms with Gasteiger partial charge in [0.05, 0.1) is 16.9 Å². The fourth-order valence-electron chi connectivity index (χ4n) is 3.03. The first-order valence-electron chi connectivity index (χ1n) is 6.64. The number of nitrogens with zero attached hydrogens (tertiary/aromatic N) is 1. The zero-order chi connectivity index (χ0) is 13.6. The smallest absolute Gasteiger partial charge is 0.196 e. The van der Waals surface area contributed by atoms with Gasteiger partial charge in [0.1, 0.15) is 11.8 Å². The minimum absolute atomic E-state index is 0.0765. The van der Waals surface area contributed by atoms with Gasteiger partial charge in [0.2, 0.25) is 0 Å². The number of ether oxygens (including phenoxy) is 1. The van der Waals surface area contributed by atoms with Crippen LogP contribution in [-0.2, 0) is 9.53 Å². The average Bonchev–Trinajstić information content (AvgIpc) is 2.71. The Kier molecular flexibility index (Phi) is 2.73. The summed E-state index contributed by atoms with van der Waals surface area (Å²) < 4.78 is 5.92. The number of carbonyl (C=O) groups excluding carboxylic acids is 1. The van der Waals surface area contributed by atoms with Gasteiger partial charge in [-0.2, -0.15) is 0 Å². The topological polar surface area (TPSA) is 41.6 Å². The fraction of sp³-hybridized carbons (Fsp3) is 0.400. The Balaban J connectivity index is 2.06. The van der Waals surface area contributed by atoms with E-state index in [-0.39, 0.29) is 18.1 Å². The van der Waals surface area contributed by atoms with Crippen molar-refractivity contribution in [1.82, 2.24) is 0 Å². The zero-order valence-corrected chi connectivity index (χ0v) is 11.4. The molecule has 4 heteroatoms. The number of benzene rings is 1. The molecule has 0 unspecified atom stereocenters. The molecule has 1 aromatic carbocycles. The maximum atomic E-state index is 11.8. The van der Waals surface area contributed by atoms with Crippen molar-refractivity contribution >= 4 is 17.2 Å². The molecule has 2 aliphatic heterocycles. The number of anilines is 2. The van der Waals surface area contributed by atoms with Gasteiger partial charge in [0.15, 0.2) is 12.0 Å². The lowest BCUT2D eigenvalue weighted by atomic mass is 9.99. The first-order valence-corrected chi connectivity index (χ1v) is 6.64. The largest absolute Gasteiger partial charge is 0.472 e. The van der Waals surface area contributed by atoms with Crippen molar-refractivity contribution in [2.24, 2.45) is 0 Å². The third-order valence-electron chi connectivity index (χ3n) is 3.82. The van der Waals surface area contributed by atoms with Crippen molar-refractivity contribution in [2.75, 3.05) is 16.8 Å². The predicted octanol–water partition coefficient (Wildman–Crippen LogP) is 2.53. The van der Waals surface area contributed by atoms with Crippen LogP contribution in [0.25, 0.3) is 0 Å². The monoisotopic (exact) mass is 258 g/mol. The van der Waals surface area contributed by atoms with E-state index in [4.69, 9.17) is 4.74 Å². The molecular formula is C15H18N2O2. The highest BCUT2D eigenvalue weighted by atomic mass is 16.5. The molecule has 2 heterocycles. The molecule has 100 valence electrons. The molecule has 0 aliphatic carbocycles. The number of hydrogen-bond acceptors (Lipinski definition) is 4. The fourth-order valence-corrected chi connectivity index (χ4v) is 3.03. The zero-order valence-electron chi connectivity index (χ0n) is 11.4. The highest BCUT2D eigenvalue weighted by Gasteiger charge is 2.43. The van der Waals surface area contributed by atoms with Gasteiger partial charge in [0.25, 0.3) is 0 Å².